The van der Waals surface area contributed by atoms with Crippen molar-refractivity contribution >= 4 is 29.9 Å². The minimum Gasteiger partial charge on any atom is -0.376 e. The third kappa shape index (κ3) is 10.8. The molecule has 31 heavy (non-hydrogen) atoms. The second kappa shape index (κ2) is 15.9. The summed E-state index contributed by atoms with van der Waals surface area (Å²) in [6.07, 6.45) is 1.92. The number of aryl methyl sites for hydroxylation is 1. The molecule has 0 aliphatic rings. The zero-order chi connectivity index (χ0) is 21.6. The van der Waals surface area contributed by atoms with Gasteiger partial charge in [0.25, 0.3) is 5.56 Å². The molecular formula is C24H37IN4O2. The van der Waals surface area contributed by atoms with Gasteiger partial charge in [0.2, 0.25) is 0 Å². The number of halogens is 1. The number of ether oxygens (including phenoxy) is 1. The van der Waals surface area contributed by atoms with Crippen LogP contribution in [0.15, 0.2) is 58.3 Å². The third-order valence-corrected chi connectivity index (χ3v) is 4.79. The molecule has 0 radical (unpaired) electrons. The molecule has 0 fully saturated rings. The maximum atomic E-state index is 11.9. The summed E-state index contributed by atoms with van der Waals surface area (Å²) < 4.78 is 7.64. The van der Waals surface area contributed by atoms with Gasteiger partial charge in [0.15, 0.2) is 5.96 Å². The van der Waals surface area contributed by atoms with Gasteiger partial charge in [-0.1, -0.05) is 43.3 Å². The first-order valence-corrected chi connectivity index (χ1v) is 10.9. The molecule has 2 rings (SSSR count). The van der Waals surface area contributed by atoms with Crippen molar-refractivity contribution in [2.45, 2.75) is 46.8 Å². The van der Waals surface area contributed by atoms with Crippen molar-refractivity contribution in [3.8, 4) is 0 Å². The molecule has 0 aliphatic carbocycles. The topological polar surface area (TPSA) is 67.7 Å². The molecule has 0 amide bonds. The molecule has 2 aromatic rings. The summed E-state index contributed by atoms with van der Waals surface area (Å²) in [4.78, 5) is 16.6. The first-order chi connectivity index (χ1) is 14.6. The van der Waals surface area contributed by atoms with Crippen molar-refractivity contribution in [3.05, 3.63) is 70.1 Å². The van der Waals surface area contributed by atoms with E-state index < -0.39 is 0 Å². The molecule has 1 unspecified atom stereocenters. The van der Waals surface area contributed by atoms with E-state index in [1.807, 2.05) is 41.8 Å². The summed E-state index contributed by atoms with van der Waals surface area (Å²) in [7, 11) is 0. The Hall–Kier alpha value is -1.87. The summed E-state index contributed by atoms with van der Waals surface area (Å²) in [6, 6.07) is 15.6. The molecule has 2 N–H and O–H groups in total. The monoisotopic (exact) mass is 540 g/mol. The van der Waals surface area contributed by atoms with E-state index in [0.717, 1.165) is 44.1 Å². The predicted molar refractivity (Wildman–Crippen MR) is 139 cm³/mol. The number of hydrogen-bond acceptors (Lipinski definition) is 3. The molecule has 1 aromatic carbocycles. The van der Waals surface area contributed by atoms with Crippen LogP contribution in [0.4, 0.5) is 0 Å². The van der Waals surface area contributed by atoms with Crippen LogP contribution in [0.5, 0.6) is 0 Å². The molecule has 1 heterocycles. The number of nitrogens with one attached hydrogen (secondary N) is 2. The van der Waals surface area contributed by atoms with Gasteiger partial charge in [0.1, 0.15) is 0 Å². The molecule has 1 atom stereocenters. The second-order valence-corrected chi connectivity index (χ2v) is 7.62. The maximum Gasteiger partial charge on any atom is 0.250 e. The van der Waals surface area contributed by atoms with Gasteiger partial charge in [-0.15, -0.1) is 24.0 Å². The fourth-order valence-electron chi connectivity index (χ4n) is 3.11. The quantitative estimate of drug-likeness (QED) is 0.185. The average Bonchev–Trinajstić information content (AvgIpc) is 2.74. The number of nitrogens with zero attached hydrogens (tertiary/aromatic N) is 2. The Balaban J connectivity index is 0.00000480. The van der Waals surface area contributed by atoms with Crippen molar-refractivity contribution in [3.63, 3.8) is 0 Å². The van der Waals surface area contributed by atoms with E-state index in [2.05, 4.69) is 41.6 Å². The Morgan fingerprint density at radius 3 is 2.58 bits per heavy atom. The molecular weight excluding hydrogens is 503 g/mol. The smallest absolute Gasteiger partial charge is 0.250 e. The lowest BCUT2D eigenvalue weighted by Gasteiger charge is -2.14. The normalized spacial score (nSPS) is 12.2. The van der Waals surface area contributed by atoms with Crippen LogP contribution in [0, 0.1) is 12.8 Å². The summed E-state index contributed by atoms with van der Waals surface area (Å²) in [6.45, 7) is 10.6. The molecule has 1 aromatic heterocycles. The molecule has 0 bridgehead atoms. The fraction of sp³-hybridized carbons (Fsp3) is 0.500. The van der Waals surface area contributed by atoms with Crippen LogP contribution in [0.2, 0.25) is 0 Å². The summed E-state index contributed by atoms with van der Waals surface area (Å²) >= 11 is 0. The molecule has 0 saturated heterocycles. The van der Waals surface area contributed by atoms with Crippen molar-refractivity contribution in [2.24, 2.45) is 10.9 Å². The van der Waals surface area contributed by atoms with Gasteiger partial charge in [-0.05, 0) is 44.2 Å². The summed E-state index contributed by atoms with van der Waals surface area (Å²) in [5.41, 5.74) is 2.27. The number of aromatic nitrogens is 1. The van der Waals surface area contributed by atoms with Gasteiger partial charge in [-0.25, -0.2) is 0 Å². The lowest BCUT2D eigenvalue weighted by Crippen LogP contribution is -2.38. The number of benzene rings is 1. The number of unbranched alkanes of at least 4 members (excludes halogenated alkanes) is 1. The van der Waals surface area contributed by atoms with Gasteiger partial charge in [-0.3, -0.25) is 9.79 Å². The molecule has 172 valence electrons. The lowest BCUT2D eigenvalue weighted by molar-refractivity contribution is 0.0945. The van der Waals surface area contributed by atoms with Crippen LogP contribution in [0.25, 0.3) is 0 Å². The molecule has 7 heteroatoms. The standard InChI is InChI=1S/C24H36N4O2.HI/c1-4-25-24(26-15-8-9-16-28-21(3)11-10-14-23(28)29)27-17-20(2)18-30-19-22-12-6-5-7-13-22;/h5-7,10-14,20H,4,8-9,15-19H2,1-3H3,(H2,25,26,27);1H. The van der Waals surface area contributed by atoms with Crippen LogP contribution in [0.1, 0.15) is 37.9 Å². The first-order valence-electron chi connectivity index (χ1n) is 10.9. The highest BCUT2D eigenvalue weighted by molar-refractivity contribution is 14.0. The maximum absolute atomic E-state index is 11.9. The summed E-state index contributed by atoms with van der Waals surface area (Å²) in [5, 5.41) is 6.67. The number of pyridine rings is 1. The summed E-state index contributed by atoms with van der Waals surface area (Å²) in [5.74, 6) is 1.18. The van der Waals surface area contributed by atoms with Gasteiger partial charge < -0.3 is 19.9 Å². The predicted octanol–water partition coefficient (Wildman–Crippen LogP) is 3.96. The van der Waals surface area contributed by atoms with Crippen molar-refractivity contribution in [1.82, 2.24) is 15.2 Å². The zero-order valence-corrected chi connectivity index (χ0v) is 21.3. The Labute approximate surface area is 203 Å². The van der Waals surface area contributed by atoms with E-state index in [1.54, 1.807) is 6.07 Å². The minimum atomic E-state index is 0. The number of guanidine groups is 1. The van der Waals surface area contributed by atoms with Gasteiger partial charge >= 0.3 is 0 Å². The Kier molecular flexibility index (Phi) is 13.9. The van der Waals surface area contributed by atoms with Crippen LogP contribution in [0.3, 0.4) is 0 Å². The van der Waals surface area contributed by atoms with Gasteiger partial charge in [-0.2, -0.15) is 0 Å². The highest BCUT2D eigenvalue weighted by atomic mass is 127. The van der Waals surface area contributed by atoms with E-state index in [9.17, 15) is 4.79 Å². The third-order valence-electron chi connectivity index (χ3n) is 4.79. The van der Waals surface area contributed by atoms with Gasteiger partial charge in [0, 0.05) is 37.9 Å². The van der Waals surface area contributed by atoms with E-state index in [-0.39, 0.29) is 29.5 Å². The minimum absolute atomic E-state index is 0. The Morgan fingerprint density at radius 1 is 1.10 bits per heavy atom. The number of aliphatic imine (C=N–C) groups is 1. The lowest BCUT2D eigenvalue weighted by atomic mass is 10.2. The Morgan fingerprint density at radius 2 is 1.87 bits per heavy atom. The van der Waals surface area contributed by atoms with Crippen LogP contribution >= 0.6 is 24.0 Å². The molecule has 0 aliphatic heterocycles. The molecule has 0 spiro atoms. The van der Waals surface area contributed by atoms with E-state index in [1.165, 1.54) is 5.56 Å². The van der Waals surface area contributed by atoms with Crippen molar-refractivity contribution in [2.75, 3.05) is 26.2 Å². The van der Waals surface area contributed by atoms with E-state index in [4.69, 9.17) is 4.74 Å². The van der Waals surface area contributed by atoms with Crippen molar-refractivity contribution < 1.29 is 4.74 Å². The Bertz CT molecular complexity index is 824. The molecule has 0 saturated carbocycles. The highest BCUT2D eigenvalue weighted by Gasteiger charge is 2.04. The molecule has 6 nitrogen and oxygen atoms in total. The zero-order valence-electron chi connectivity index (χ0n) is 19.0. The van der Waals surface area contributed by atoms with Gasteiger partial charge in [0.05, 0.1) is 13.2 Å². The largest absolute Gasteiger partial charge is 0.376 e. The van der Waals surface area contributed by atoms with Crippen LogP contribution < -0.4 is 16.2 Å². The van der Waals surface area contributed by atoms with Crippen molar-refractivity contribution in [1.29, 1.82) is 0 Å². The van der Waals surface area contributed by atoms with Crippen LogP contribution in [-0.2, 0) is 17.9 Å². The fourth-order valence-corrected chi connectivity index (χ4v) is 3.11. The van der Waals surface area contributed by atoms with E-state index >= 15 is 0 Å². The second-order valence-electron chi connectivity index (χ2n) is 7.62. The SMILES string of the molecule is CCNC(=NCC(C)COCc1ccccc1)NCCCCn1c(C)cccc1=O.I. The van der Waals surface area contributed by atoms with E-state index in [0.29, 0.717) is 25.7 Å². The number of rotatable bonds is 12. The first kappa shape index (κ1) is 27.2. The van der Waals surface area contributed by atoms with Crippen LogP contribution in [-0.4, -0.2) is 36.8 Å². The average molecular weight is 540 g/mol. The highest BCUT2D eigenvalue weighted by Crippen LogP contribution is 2.04. The number of hydrogen-bond donors (Lipinski definition) is 2.